The fourth-order valence-corrected chi connectivity index (χ4v) is 2.87. The molecule has 1 aromatic rings. The molecule has 1 fully saturated rings. The Morgan fingerprint density at radius 2 is 1.91 bits per heavy atom. The highest BCUT2D eigenvalue weighted by Gasteiger charge is 2.31. The molecule has 1 amide bonds. The lowest BCUT2D eigenvalue weighted by Crippen LogP contribution is -3.13. The number of amides is 1. The van der Waals surface area contributed by atoms with Gasteiger partial charge in [0.2, 0.25) is 5.91 Å². The molecule has 0 aliphatic carbocycles. The molecule has 0 unspecified atom stereocenters. The van der Waals surface area contributed by atoms with Crippen LogP contribution in [0.1, 0.15) is 31.4 Å². The van der Waals surface area contributed by atoms with Crippen molar-refractivity contribution in [3.63, 3.8) is 0 Å². The second kappa shape index (κ2) is 7.34. The number of hydrogen-bond acceptors (Lipinski definition) is 1. The van der Waals surface area contributed by atoms with Gasteiger partial charge in [0, 0.05) is 12.0 Å². The molecule has 2 rings (SSSR count). The molecule has 1 aliphatic rings. The first-order valence-electron chi connectivity index (χ1n) is 8.03. The van der Waals surface area contributed by atoms with Crippen molar-refractivity contribution >= 4 is 5.91 Å². The average molecular weight is 329 g/mol. The van der Waals surface area contributed by atoms with Crippen molar-refractivity contribution in [2.24, 2.45) is 5.92 Å². The van der Waals surface area contributed by atoms with E-state index in [0.717, 1.165) is 19.2 Å². The van der Waals surface area contributed by atoms with Crippen molar-refractivity contribution in [1.29, 1.82) is 0 Å². The highest BCUT2D eigenvalue weighted by Crippen LogP contribution is 2.29. The molecule has 3 nitrogen and oxygen atoms in total. The van der Waals surface area contributed by atoms with Gasteiger partial charge in [-0.15, -0.1) is 0 Å². The lowest BCUT2D eigenvalue weighted by Gasteiger charge is -2.32. The molecular formula is C17H24F3N2O+. The minimum atomic E-state index is -4.30. The van der Waals surface area contributed by atoms with E-state index in [4.69, 9.17) is 0 Å². The number of nitrogens with zero attached hydrogens (tertiary/aromatic N) is 1. The highest BCUT2D eigenvalue weighted by atomic mass is 19.4. The van der Waals surface area contributed by atoms with E-state index in [9.17, 15) is 18.0 Å². The molecule has 0 atom stereocenters. The van der Waals surface area contributed by atoms with Crippen LogP contribution in [0, 0.1) is 5.92 Å². The van der Waals surface area contributed by atoms with E-state index in [1.54, 1.807) is 6.07 Å². The Morgan fingerprint density at radius 3 is 2.48 bits per heavy atom. The SMILES string of the molecule is CC(C)CC(=O)N1CC[NH+](Cc2cccc(C(F)(F)F)c2)CC1. The van der Waals surface area contributed by atoms with Gasteiger partial charge in [-0.1, -0.05) is 26.0 Å². The van der Waals surface area contributed by atoms with E-state index < -0.39 is 11.7 Å². The summed E-state index contributed by atoms with van der Waals surface area (Å²) in [7, 11) is 0. The lowest BCUT2D eigenvalue weighted by atomic mass is 10.1. The Kier molecular flexibility index (Phi) is 5.68. The molecule has 1 aromatic carbocycles. The molecule has 6 heteroatoms. The van der Waals surface area contributed by atoms with E-state index in [1.165, 1.54) is 17.0 Å². The number of quaternary nitrogens is 1. The van der Waals surface area contributed by atoms with Crippen LogP contribution in [0.2, 0.25) is 0 Å². The van der Waals surface area contributed by atoms with Crippen molar-refractivity contribution in [3.8, 4) is 0 Å². The molecule has 0 radical (unpaired) electrons. The summed E-state index contributed by atoms with van der Waals surface area (Å²) < 4.78 is 38.2. The van der Waals surface area contributed by atoms with Crippen LogP contribution in [0.4, 0.5) is 13.2 Å². The standard InChI is InChI=1S/C17H23F3N2O/c1-13(2)10-16(23)22-8-6-21(7-9-22)12-14-4-3-5-15(11-14)17(18,19)20/h3-5,11,13H,6-10,12H2,1-2H3/p+1. The minimum absolute atomic E-state index is 0.179. The maximum Gasteiger partial charge on any atom is 0.416 e. The fraction of sp³-hybridized carbons (Fsp3) is 0.588. The van der Waals surface area contributed by atoms with Gasteiger partial charge in [0.25, 0.3) is 0 Å². The van der Waals surface area contributed by atoms with Gasteiger partial charge in [-0.25, -0.2) is 0 Å². The van der Waals surface area contributed by atoms with Crippen LogP contribution in [0.15, 0.2) is 24.3 Å². The Balaban J connectivity index is 1.88. The molecule has 0 saturated carbocycles. The van der Waals surface area contributed by atoms with E-state index >= 15 is 0 Å². The number of carbonyl (C=O) groups is 1. The summed E-state index contributed by atoms with van der Waals surface area (Å²) in [4.78, 5) is 15.1. The summed E-state index contributed by atoms with van der Waals surface area (Å²) in [6, 6.07) is 5.52. The van der Waals surface area contributed by atoms with Gasteiger partial charge in [-0.05, 0) is 18.1 Å². The Bertz CT molecular complexity index is 535. The predicted molar refractivity (Wildman–Crippen MR) is 81.9 cm³/mol. The molecule has 0 bridgehead atoms. The average Bonchev–Trinajstić information content (AvgIpc) is 2.46. The molecule has 128 valence electrons. The van der Waals surface area contributed by atoms with E-state index in [2.05, 4.69) is 0 Å². The number of benzene rings is 1. The third kappa shape index (κ3) is 5.23. The zero-order chi connectivity index (χ0) is 17.0. The number of halogens is 3. The van der Waals surface area contributed by atoms with Crippen LogP contribution in [-0.2, 0) is 17.5 Å². The molecule has 1 aliphatic heterocycles. The van der Waals surface area contributed by atoms with Crippen LogP contribution < -0.4 is 4.90 Å². The zero-order valence-electron chi connectivity index (χ0n) is 13.6. The molecule has 1 N–H and O–H groups in total. The van der Waals surface area contributed by atoms with Crippen LogP contribution in [0.3, 0.4) is 0 Å². The quantitative estimate of drug-likeness (QED) is 0.898. The molecule has 23 heavy (non-hydrogen) atoms. The number of nitrogens with one attached hydrogen (secondary N) is 1. The number of hydrogen-bond donors (Lipinski definition) is 1. The lowest BCUT2D eigenvalue weighted by molar-refractivity contribution is -0.917. The van der Waals surface area contributed by atoms with Crippen LogP contribution in [-0.4, -0.2) is 37.0 Å². The summed E-state index contributed by atoms with van der Waals surface area (Å²) >= 11 is 0. The predicted octanol–water partition coefficient (Wildman–Crippen LogP) is 1.98. The van der Waals surface area contributed by atoms with E-state index in [1.807, 2.05) is 18.7 Å². The third-order valence-corrected chi connectivity index (χ3v) is 4.11. The second-order valence-corrected chi connectivity index (χ2v) is 6.60. The van der Waals surface area contributed by atoms with Gasteiger partial charge in [-0.2, -0.15) is 13.2 Å². The van der Waals surface area contributed by atoms with Gasteiger partial charge in [-0.3, -0.25) is 4.79 Å². The van der Waals surface area contributed by atoms with E-state index in [0.29, 0.717) is 37.5 Å². The third-order valence-electron chi connectivity index (χ3n) is 4.11. The maximum atomic E-state index is 12.7. The molecule has 0 spiro atoms. The Labute approximate surface area is 135 Å². The van der Waals surface area contributed by atoms with Crippen molar-refractivity contribution in [3.05, 3.63) is 35.4 Å². The zero-order valence-corrected chi connectivity index (χ0v) is 13.6. The van der Waals surface area contributed by atoms with E-state index in [-0.39, 0.29) is 5.91 Å². The Hall–Kier alpha value is -1.56. The van der Waals surface area contributed by atoms with Gasteiger partial charge < -0.3 is 9.80 Å². The second-order valence-electron chi connectivity index (χ2n) is 6.60. The normalized spacial score (nSPS) is 16.9. The molecule has 1 heterocycles. The number of rotatable bonds is 4. The van der Waals surface area contributed by atoms with Crippen molar-refractivity contribution in [1.82, 2.24) is 4.90 Å². The van der Waals surface area contributed by atoms with Crippen LogP contribution >= 0.6 is 0 Å². The van der Waals surface area contributed by atoms with Crippen LogP contribution in [0.25, 0.3) is 0 Å². The summed E-state index contributed by atoms with van der Waals surface area (Å²) in [5.74, 6) is 0.524. The first-order chi connectivity index (χ1) is 10.8. The molecule has 0 aromatic heterocycles. The largest absolute Gasteiger partial charge is 0.416 e. The first-order valence-corrected chi connectivity index (χ1v) is 8.03. The first kappa shape index (κ1) is 17.8. The maximum absolute atomic E-state index is 12.7. The number of carbonyl (C=O) groups excluding carboxylic acids is 1. The number of piperazine rings is 1. The van der Waals surface area contributed by atoms with Gasteiger partial charge in [0.05, 0.1) is 31.7 Å². The monoisotopic (exact) mass is 329 g/mol. The fourth-order valence-electron chi connectivity index (χ4n) is 2.87. The topological polar surface area (TPSA) is 24.8 Å². The Morgan fingerprint density at radius 1 is 1.26 bits per heavy atom. The summed E-state index contributed by atoms with van der Waals surface area (Å²) in [6.07, 6.45) is -3.74. The van der Waals surface area contributed by atoms with Gasteiger partial charge in [0.1, 0.15) is 6.54 Å². The summed E-state index contributed by atoms with van der Waals surface area (Å²) in [5, 5.41) is 0. The smallest absolute Gasteiger partial charge is 0.331 e. The van der Waals surface area contributed by atoms with Gasteiger partial charge >= 0.3 is 6.18 Å². The van der Waals surface area contributed by atoms with Crippen molar-refractivity contribution in [2.75, 3.05) is 26.2 Å². The van der Waals surface area contributed by atoms with Crippen LogP contribution in [0.5, 0.6) is 0 Å². The van der Waals surface area contributed by atoms with Crippen molar-refractivity contribution in [2.45, 2.75) is 33.0 Å². The number of alkyl halides is 3. The van der Waals surface area contributed by atoms with Gasteiger partial charge in [0.15, 0.2) is 0 Å². The molecule has 1 saturated heterocycles. The molecular weight excluding hydrogens is 305 g/mol. The summed E-state index contributed by atoms with van der Waals surface area (Å²) in [6.45, 7) is 7.52. The minimum Gasteiger partial charge on any atom is -0.331 e. The highest BCUT2D eigenvalue weighted by molar-refractivity contribution is 5.76. The summed E-state index contributed by atoms with van der Waals surface area (Å²) in [5.41, 5.74) is 0.0944. The van der Waals surface area contributed by atoms with Crippen molar-refractivity contribution < 1.29 is 22.9 Å².